The number of nitrogens with one attached hydrogen (secondary N) is 1. The molecule has 1 aromatic heterocycles. The number of hydrogen-bond donors (Lipinski definition) is 3. The normalized spacial score (nSPS) is 13.3. The number of nitrogens with zero attached hydrogens (tertiary/aromatic N) is 2. The second-order valence-electron chi connectivity index (χ2n) is 4.50. The lowest BCUT2D eigenvalue weighted by Gasteiger charge is -2.15. The number of oxime groups is 1. The highest BCUT2D eigenvalue weighted by atomic mass is 35.5. The topological polar surface area (TPSA) is 83.5 Å². The van der Waals surface area contributed by atoms with E-state index in [1.54, 1.807) is 23.5 Å². The molecule has 1 unspecified atom stereocenters. The van der Waals surface area contributed by atoms with Crippen LogP contribution in [0.15, 0.2) is 34.9 Å². The van der Waals surface area contributed by atoms with E-state index in [0.717, 1.165) is 17.0 Å². The van der Waals surface area contributed by atoms with Crippen LogP contribution in [-0.2, 0) is 6.54 Å². The molecule has 21 heavy (non-hydrogen) atoms. The minimum Gasteiger partial charge on any atom is -0.409 e. The molecule has 0 aliphatic heterocycles. The first-order valence-corrected chi connectivity index (χ1v) is 7.80. The standard InChI is InChI=1S/C14H17ClN4OS/c1-2-12(14-17-5-6-21-14)18-8-10-4-3-9(7-11(10)15)13(16)19-20/h3-7,12,18,20H,2,8H2,1H3,(H2,16,19). The molecule has 0 aliphatic rings. The Morgan fingerprint density at radius 2 is 2.38 bits per heavy atom. The summed E-state index contributed by atoms with van der Waals surface area (Å²) < 4.78 is 0. The molecule has 1 atom stereocenters. The number of thiazole rings is 1. The maximum atomic E-state index is 8.66. The number of aromatic nitrogens is 1. The van der Waals surface area contributed by atoms with E-state index in [2.05, 4.69) is 22.4 Å². The minimum absolute atomic E-state index is 0.0469. The van der Waals surface area contributed by atoms with Gasteiger partial charge in [0, 0.05) is 28.7 Å². The molecule has 0 spiro atoms. The Bertz CT molecular complexity index is 615. The maximum Gasteiger partial charge on any atom is 0.170 e. The van der Waals surface area contributed by atoms with Crippen molar-refractivity contribution >= 4 is 28.8 Å². The van der Waals surface area contributed by atoms with Crippen molar-refractivity contribution in [3.8, 4) is 0 Å². The van der Waals surface area contributed by atoms with E-state index < -0.39 is 0 Å². The molecule has 4 N–H and O–H groups in total. The van der Waals surface area contributed by atoms with Crippen molar-refractivity contribution < 1.29 is 5.21 Å². The molecule has 0 radical (unpaired) electrons. The molecule has 0 bridgehead atoms. The molecule has 0 saturated heterocycles. The van der Waals surface area contributed by atoms with Crippen molar-refractivity contribution in [2.75, 3.05) is 0 Å². The Morgan fingerprint density at radius 1 is 1.57 bits per heavy atom. The van der Waals surface area contributed by atoms with E-state index in [1.807, 2.05) is 17.6 Å². The summed E-state index contributed by atoms with van der Waals surface area (Å²) in [6.45, 7) is 2.75. The molecule has 0 amide bonds. The summed E-state index contributed by atoms with van der Waals surface area (Å²) in [7, 11) is 0. The third kappa shape index (κ3) is 3.93. The summed E-state index contributed by atoms with van der Waals surface area (Å²) in [5.74, 6) is 0.0469. The molecule has 0 aliphatic carbocycles. The maximum absolute atomic E-state index is 8.66. The average molecular weight is 325 g/mol. The number of nitrogens with two attached hydrogens (primary N) is 1. The van der Waals surface area contributed by atoms with E-state index in [-0.39, 0.29) is 11.9 Å². The first-order chi connectivity index (χ1) is 10.2. The first kappa shape index (κ1) is 15.8. The third-order valence-corrected chi connectivity index (χ3v) is 4.39. The van der Waals surface area contributed by atoms with E-state index in [1.165, 1.54) is 0 Å². The van der Waals surface area contributed by atoms with Crippen molar-refractivity contribution in [1.82, 2.24) is 10.3 Å². The fourth-order valence-corrected chi connectivity index (χ4v) is 3.00. The number of halogens is 1. The van der Waals surface area contributed by atoms with Gasteiger partial charge >= 0.3 is 0 Å². The average Bonchev–Trinajstić information content (AvgIpc) is 3.02. The molecule has 7 heteroatoms. The highest BCUT2D eigenvalue weighted by molar-refractivity contribution is 7.09. The summed E-state index contributed by atoms with van der Waals surface area (Å²) >= 11 is 7.87. The molecule has 0 saturated carbocycles. The number of hydrogen-bond acceptors (Lipinski definition) is 5. The highest BCUT2D eigenvalue weighted by Gasteiger charge is 2.12. The smallest absolute Gasteiger partial charge is 0.170 e. The quantitative estimate of drug-likeness (QED) is 0.330. The molecule has 112 valence electrons. The van der Waals surface area contributed by atoms with Crippen LogP contribution in [0, 0.1) is 0 Å². The lowest BCUT2D eigenvalue weighted by atomic mass is 10.1. The number of amidine groups is 1. The van der Waals surface area contributed by atoms with Crippen LogP contribution in [0.3, 0.4) is 0 Å². The summed E-state index contributed by atoms with van der Waals surface area (Å²) in [6.07, 6.45) is 2.76. The summed E-state index contributed by atoms with van der Waals surface area (Å²) in [5, 5.41) is 18.7. The molecular formula is C14H17ClN4OS. The summed E-state index contributed by atoms with van der Waals surface area (Å²) in [5.41, 5.74) is 7.09. The van der Waals surface area contributed by atoms with Gasteiger partial charge in [-0.25, -0.2) is 4.98 Å². The van der Waals surface area contributed by atoms with Gasteiger partial charge in [0.1, 0.15) is 5.01 Å². The predicted molar refractivity (Wildman–Crippen MR) is 85.9 cm³/mol. The van der Waals surface area contributed by atoms with Gasteiger partial charge in [0.25, 0.3) is 0 Å². The Labute approximate surface area is 132 Å². The molecule has 1 aromatic carbocycles. The Kier molecular flexibility index (Phi) is 5.55. The fraction of sp³-hybridized carbons (Fsp3) is 0.286. The molecular weight excluding hydrogens is 308 g/mol. The largest absolute Gasteiger partial charge is 0.409 e. The van der Waals surface area contributed by atoms with Crippen molar-refractivity contribution in [1.29, 1.82) is 0 Å². The number of benzene rings is 1. The molecule has 5 nitrogen and oxygen atoms in total. The fourth-order valence-electron chi connectivity index (χ4n) is 1.95. The van der Waals surface area contributed by atoms with Gasteiger partial charge in [-0.15, -0.1) is 11.3 Å². The van der Waals surface area contributed by atoms with Gasteiger partial charge in [-0.05, 0) is 18.1 Å². The zero-order valence-corrected chi connectivity index (χ0v) is 13.2. The van der Waals surface area contributed by atoms with Gasteiger partial charge in [-0.2, -0.15) is 0 Å². The second kappa shape index (κ2) is 7.40. The van der Waals surface area contributed by atoms with Crippen molar-refractivity contribution in [3.05, 3.63) is 50.9 Å². The van der Waals surface area contributed by atoms with Crippen LogP contribution in [0.4, 0.5) is 0 Å². The van der Waals surface area contributed by atoms with Crippen LogP contribution in [0.25, 0.3) is 0 Å². The molecule has 2 aromatic rings. The predicted octanol–water partition coefficient (Wildman–Crippen LogP) is 3.13. The highest BCUT2D eigenvalue weighted by Crippen LogP contribution is 2.22. The van der Waals surface area contributed by atoms with E-state index in [9.17, 15) is 0 Å². The Hall–Kier alpha value is -1.63. The zero-order valence-electron chi connectivity index (χ0n) is 11.6. The molecule has 1 heterocycles. The van der Waals surface area contributed by atoms with Gasteiger partial charge in [0.15, 0.2) is 5.84 Å². The molecule has 2 rings (SSSR count). The van der Waals surface area contributed by atoms with Crippen LogP contribution >= 0.6 is 22.9 Å². The first-order valence-electron chi connectivity index (χ1n) is 6.54. The van der Waals surface area contributed by atoms with Gasteiger partial charge in [0.05, 0.1) is 6.04 Å². The molecule has 0 fully saturated rings. The second-order valence-corrected chi connectivity index (χ2v) is 5.84. The van der Waals surface area contributed by atoms with Gasteiger partial charge in [-0.1, -0.05) is 35.8 Å². The minimum atomic E-state index is 0.0469. The van der Waals surface area contributed by atoms with Crippen LogP contribution < -0.4 is 11.1 Å². The lowest BCUT2D eigenvalue weighted by Crippen LogP contribution is -2.20. The van der Waals surface area contributed by atoms with E-state index >= 15 is 0 Å². The van der Waals surface area contributed by atoms with Crippen molar-refractivity contribution in [2.24, 2.45) is 10.9 Å². The van der Waals surface area contributed by atoms with Crippen LogP contribution in [0.2, 0.25) is 5.02 Å². The van der Waals surface area contributed by atoms with Crippen molar-refractivity contribution in [3.63, 3.8) is 0 Å². The lowest BCUT2D eigenvalue weighted by molar-refractivity contribution is 0.318. The van der Waals surface area contributed by atoms with Gasteiger partial charge in [0.2, 0.25) is 0 Å². The van der Waals surface area contributed by atoms with Gasteiger partial charge in [-0.3, -0.25) is 0 Å². The Balaban J connectivity index is 2.06. The summed E-state index contributed by atoms with van der Waals surface area (Å²) in [4.78, 5) is 4.33. The summed E-state index contributed by atoms with van der Waals surface area (Å²) in [6, 6.07) is 5.56. The van der Waals surface area contributed by atoms with Crippen molar-refractivity contribution in [2.45, 2.75) is 25.9 Å². The SMILES string of the molecule is CCC(NCc1ccc(/C(N)=N/O)cc1Cl)c1nccs1. The van der Waals surface area contributed by atoms with E-state index in [4.69, 9.17) is 22.5 Å². The third-order valence-electron chi connectivity index (χ3n) is 3.15. The van der Waals surface area contributed by atoms with Gasteiger partial charge < -0.3 is 16.3 Å². The zero-order chi connectivity index (χ0) is 15.2. The Morgan fingerprint density at radius 3 is 2.95 bits per heavy atom. The number of rotatable bonds is 6. The monoisotopic (exact) mass is 324 g/mol. The van der Waals surface area contributed by atoms with Crippen LogP contribution in [-0.4, -0.2) is 16.0 Å². The van der Waals surface area contributed by atoms with Crippen LogP contribution in [0.1, 0.15) is 35.5 Å². The van der Waals surface area contributed by atoms with Crippen LogP contribution in [0.5, 0.6) is 0 Å². The van der Waals surface area contributed by atoms with E-state index in [0.29, 0.717) is 17.1 Å².